The van der Waals surface area contributed by atoms with Crippen LogP contribution in [0.15, 0.2) is 46.3 Å². The molecule has 0 bridgehead atoms. The second-order valence-electron chi connectivity index (χ2n) is 6.74. The molecule has 2 aromatic rings. The van der Waals surface area contributed by atoms with Crippen LogP contribution in [0.2, 0.25) is 0 Å². The molecule has 1 fully saturated rings. The van der Waals surface area contributed by atoms with Gasteiger partial charge in [0.25, 0.3) is 5.91 Å². The Morgan fingerprint density at radius 3 is 2.69 bits per heavy atom. The third-order valence-corrected chi connectivity index (χ3v) is 6.48. The van der Waals surface area contributed by atoms with Crippen molar-refractivity contribution >= 4 is 51.5 Å². The molecule has 0 aliphatic carbocycles. The van der Waals surface area contributed by atoms with Gasteiger partial charge < -0.3 is 9.47 Å². The number of nitrogens with zero attached hydrogens (tertiary/aromatic N) is 3. The van der Waals surface area contributed by atoms with Gasteiger partial charge in [0.1, 0.15) is 6.61 Å². The number of benzene rings is 2. The summed E-state index contributed by atoms with van der Waals surface area (Å²) in [4.78, 5) is 19.5. The third-order valence-electron chi connectivity index (χ3n) is 4.64. The van der Waals surface area contributed by atoms with Gasteiger partial charge >= 0.3 is 0 Å². The van der Waals surface area contributed by atoms with Crippen molar-refractivity contribution in [2.75, 3.05) is 19.7 Å². The number of nitriles is 1. The number of likely N-dealkylation sites (N-methyl/N-ethyl adjacent to an activating group) is 1. The minimum absolute atomic E-state index is 0.0360. The zero-order chi connectivity index (χ0) is 23.1. The number of ether oxygens (including phenoxy) is 2. The molecule has 8 heteroatoms. The topological polar surface area (TPSA) is 74.9 Å². The summed E-state index contributed by atoms with van der Waals surface area (Å²) in [6.07, 6.45) is 1.87. The summed E-state index contributed by atoms with van der Waals surface area (Å²) >= 11 is 3.60. The molecule has 1 amide bonds. The molecule has 1 aliphatic rings. The largest absolute Gasteiger partial charge is 0.490 e. The van der Waals surface area contributed by atoms with Crippen LogP contribution in [0, 0.1) is 14.9 Å². The maximum atomic E-state index is 12.8. The van der Waals surface area contributed by atoms with Gasteiger partial charge in [0.05, 0.1) is 26.7 Å². The molecule has 1 saturated heterocycles. The molecule has 3 rings (SSSR count). The van der Waals surface area contributed by atoms with Gasteiger partial charge in [-0.1, -0.05) is 18.2 Å². The van der Waals surface area contributed by atoms with Crippen LogP contribution in [0.25, 0.3) is 6.08 Å². The summed E-state index contributed by atoms with van der Waals surface area (Å²) in [5.74, 6) is 1.19. The number of amidine groups is 1. The number of carbonyl (C=O) groups is 1. The molecular weight excluding hydrogens is 537 g/mol. The molecular formula is C24H24IN3O3S. The second kappa shape index (κ2) is 11.4. The van der Waals surface area contributed by atoms with Crippen LogP contribution >= 0.6 is 34.4 Å². The van der Waals surface area contributed by atoms with Gasteiger partial charge in [0, 0.05) is 18.7 Å². The first kappa shape index (κ1) is 24.1. The minimum atomic E-state index is -0.0360. The SMILES string of the molecule is CCN=C1S/C(=C\c2cc(I)c(OCc3ccccc3C#N)c(OCC)c2)C(=O)N1CC. The second-order valence-corrected chi connectivity index (χ2v) is 8.91. The molecule has 0 spiro atoms. The van der Waals surface area contributed by atoms with Crippen LogP contribution in [0.5, 0.6) is 11.5 Å². The molecule has 0 radical (unpaired) electrons. The van der Waals surface area contributed by atoms with Crippen molar-refractivity contribution in [3.05, 3.63) is 61.6 Å². The molecule has 6 nitrogen and oxygen atoms in total. The Labute approximate surface area is 206 Å². The maximum Gasteiger partial charge on any atom is 0.266 e. The van der Waals surface area contributed by atoms with E-state index in [0.29, 0.717) is 41.7 Å². The molecule has 0 atom stereocenters. The van der Waals surface area contributed by atoms with Crippen LogP contribution in [-0.2, 0) is 11.4 Å². The van der Waals surface area contributed by atoms with Crippen molar-refractivity contribution in [1.29, 1.82) is 5.26 Å². The normalized spacial score (nSPS) is 16.0. The number of amides is 1. The van der Waals surface area contributed by atoms with Gasteiger partial charge in [-0.15, -0.1) is 0 Å². The average molecular weight is 561 g/mol. The van der Waals surface area contributed by atoms with Crippen molar-refractivity contribution in [1.82, 2.24) is 4.90 Å². The lowest BCUT2D eigenvalue weighted by Gasteiger charge is -2.15. The van der Waals surface area contributed by atoms with E-state index in [2.05, 4.69) is 33.7 Å². The van der Waals surface area contributed by atoms with Gasteiger partial charge in [0.2, 0.25) is 0 Å². The van der Waals surface area contributed by atoms with Crippen LogP contribution in [0.1, 0.15) is 37.5 Å². The van der Waals surface area contributed by atoms with Gasteiger partial charge in [-0.2, -0.15) is 5.26 Å². The van der Waals surface area contributed by atoms with Gasteiger partial charge in [-0.3, -0.25) is 14.7 Å². The monoisotopic (exact) mass is 561 g/mol. The standard InChI is InChI=1S/C24H24IN3O3S/c1-4-27-24-28(5-2)23(29)21(32-24)13-16-11-19(25)22(20(12-16)30-6-3)31-15-18-10-8-7-9-17(18)14-26/h7-13H,4-6,15H2,1-3H3/b21-13-,27-24?. The molecule has 0 N–H and O–H groups in total. The van der Waals surface area contributed by atoms with Gasteiger partial charge in [-0.25, -0.2) is 0 Å². The zero-order valence-corrected chi connectivity index (χ0v) is 21.2. The predicted octanol–water partition coefficient (Wildman–Crippen LogP) is 5.45. The molecule has 2 aromatic carbocycles. The number of hydrogen-bond acceptors (Lipinski definition) is 6. The van der Waals surface area contributed by atoms with Crippen LogP contribution in [0.4, 0.5) is 0 Å². The Hall–Kier alpha value is -2.51. The number of aliphatic imine (C=N–C) groups is 1. The zero-order valence-electron chi connectivity index (χ0n) is 18.2. The molecule has 166 valence electrons. The highest BCUT2D eigenvalue weighted by molar-refractivity contribution is 14.1. The highest BCUT2D eigenvalue weighted by atomic mass is 127. The van der Waals surface area contributed by atoms with Crippen LogP contribution in [-0.4, -0.2) is 35.7 Å². The summed E-state index contributed by atoms with van der Waals surface area (Å²) in [5, 5.41) is 10.0. The predicted molar refractivity (Wildman–Crippen MR) is 137 cm³/mol. The summed E-state index contributed by atoms with van der Waals surface area (Å²) < 4.78 is 12.8. The third kappa shape index (κ3) is 5.45. The van der Waals surface area contributed by atoms with E-state index in [9.17, 15) is 10.1 Å². The van der Waals surface area contributed by atoms with Gasteiger partial charge in [-0.05, 0) is 85.0 Å². The Morgan fingerprint density at radius 2 is 2.00 bits per heavy atom. The highest BCUT2D eigenvalue weighted by Crippen LogP contribution is 2.38. The highest BCUT2D eigenvalue weighted by Gasteiger charge is 2.32. The number of thioether (sulfide) groups is 1. The lowest BCUT2D eigenvalue weighted by atomic mass is 10.1. The lowest BCUT2D eigenvalue weighted by molar-refractivity contribution is -0.122. The first-order valence-electron chi connectivity index (χ1n) is 10.3. The Morgan fingerprint density at radius 1 is 1.22 bits per heavy atom. The smallest absolute Gasteiger partial charge is 0.266 e. The fourth-order valence-corrected chi connectivity index (χ4v) is 5.06. The lowest BCUT2D eigenvalue weighted by Crippen LogP contribution is -2.28. The summed E-state index contributed by atoms with van der Waals surface area (Å²) in [6.45, 7) is 7.77. The summed E-state index contributed by atoms with van der Waals surface area (Å²) in [7, 11) is 0. The van der Waals surface area contributed by atoms with Crippen molar-refractivity contribution < 1.29 is 14.3 Å². The van der Waals surface area contributed by atoms with E-state index in [1.165, 1.54) is 11.8 Å². The van der Waals surface area contributed by atoms with Gasteiger partial charge in [0.15, 0.2) is 16.7 Å². The summed E-state index contributed by atoms with van der Waals surface area (Å²) in [5.41, 5.74) is 2.26. The van der Waals surface area contributed by atoms with E-state index in [-0.39, 0.29) is 12.5 Å². The quantitative estimate of drug-likeness (QED) is 0.317. The summed E-state index contributed by atoms with van der Waals surface area (Å²) in [6, 6.07) is 13.4. The van der Waals surface area contributed by atoms with E-state index < -0.39 is 0 Å². The van der Waals surface area contributed by atoms with E-state index in [1.807, 2.05) is 57.2 Å². The van der Waals surface area contributed by atoms with E-state index >= 15 is 0 Å². The van der Waals surface area contributed by atoms with E-state index in [1.54, 1.807) is 11.0 Å². The Bertz CT molecular complexity index is 1110. The molecule has 0 aromatic heterocycles. The number of rotatable bonds is 8. The molecule has 0 unspecified atom stereocenters. The fourth-order valence-electron chi connectivity index (χ4n) is 3.17. The van der Waals surface area contributed by atoms with E-state index in [4.69, 9.17) is 9.47 Å². The number of hydrogen-bond donors (Lipinski definition) is 0. The molecule has 0 saturated carbocycles. The molecule has 32 heavy (non-hydrogen) atoms. The first-order valence-corrected chi connectivity index (χ1v) is 12.2. The van der Waals surface area contributed by atoms with Crippen molar-refractivity contribution in [3.8, 4) is 17.6 Å². The van der Waals surface area contributed by atoms with Crippen molar-refractivity contribution in [2.24, 2.45) is 4.99 Å². The first-order chi connectivity index (χ1) is 15.5. The molecule has 1 aliphatic heterocycles. The van der Waals surface area contributed by atoms with E-state index in [0.717, 1.165) is 19.9 Å². The Balaban J connectivity index is 1.90. The molecule has 1 heterocycles. The van der Waals surface area contributed by atoms with Crippen molar-refractivity contribution in [3.63, 3.8) is 0 Å². The average Bonchev–Trinajstić information content (AvgIpc) is 3.07. The minimum Gasteiger partial charge on any atom is -0.490 e. The number of carbonyl (C=O) groups excluding carboxylic acids is 1. The number of halogens is 1. The maximum absolute atomic E-state index is 12.8. The fraction of sp³-hybridized carbons (Fsp3) is 0.292. The van der Waals surface area contributed by atoms with Crippen LogP contribution in [0.3, 0.4) is 0 Å². The van der Waals surface area contributed by atoms with Crippen molar-refractivity contribution in [2.45, 2.75) is 27.4 Å². The van der Waals surface area contributed by atoms with Crippen LogP contribution < -0.4 is 9.47 Å². The Kier molecular flexibility index (Phi) is 8.59.